The minimum atomic E-state index is 0.643. The van der Waals surface area contributed by atoms with Crippen molar-refractivity contribution in [2.24, 2.45) is 0 Å². The Morgan fingerprint density at radius 2 is 2.08 bits per heavy atom. The molecule has 3 heterocycles. The molecule has 2 N–H and O–H groups in total. The standard InChI is InChI=1S/C18H20N4S2/c1-2-23-18-20-16(19)15-13-8-9-22(10-12-6-4-3-5-7-12)11-14(13)24-17(15)21-18/h3-7H,2,8-11H2,1H3,(H2,19,20,21). The number of thioether (sulfide) groups is 1. The highest BCUT2D eigenvalue weighted by atomic mass is 32.2. The second-order valence-corrected chi connectivity index (χ2v) is 8.27. The normalized spacial score (nSPS) is 14.9. The topological polar surface area (TPSA) is 55.0 Å². The first-order valence-corrected chi connectivity index (χ1v) is 10.0. The van der Waals surface area contributed by atoms with Gasteiger partial charge in [0.1, 0.15) is 10.6 Å². The van der Waals surface area contributed by atoms with Gasteiger partial charge in [-0.1, -0.05) is 49.0 Å². The molecule has 3 aromatic rings. The molecule has 0 saturated carbocycles. The minimum absolute atomic E-state index is 0.643. The highest BCUT2D eigenvalue weighted by Gasteiger charge is 2.23. The van der Waals surface area contributed by atoms with Gasteiger partial charge in [-0.15, -0.1) is 11.3 Å². The Labute approximate surface area is 150 Å². The van der Waals surface area contributed by atoms with Crippen LogP contribution < -0.4 is 5.73 Å². The molecule has 0 fully saturated rings. The lowest BCUT2D eigenvalue weighted by Gasteiger charge is -2.26. The van der Waals surface area contributed by atoms with Gasteiger partial charge >= 0.3 is 0 Å². The first-order chi connectivity index (χ1) is 11.7. The Morgan fingerprint density at radius 3 is 2.88 bits per heavy atom. The summed E-state index contributed by atoms with van der Waals surface area (Å²) in [5, 5.41) is 1.89. The largest absolute Gasteiger partial charge is 0.383 e. The lowest BCUT2D eigenvalue weighted by Crippen LogP contribution is -2.29. The van der Waals surface area contributed by atoms with Gasteiger partial charge in [-0.25, -0.2) is 9.97 Å². The average molecular weight is 357 g/mol. The smallest absolute Gasteiger partial charge is 0.190 e. The molecule has 1 aliphatic rings. The van der Waals surface area contributed by atoms with Crippen LogP contribution in [0.1, 0.15) is 22.9 Å². The van der Waals surface area contributed by atoms with Gasteiger partial charge in [-0.3, -0.25) is 4.90 Å². The SMILES string of the molecule is CCSc1nc(N)c2c3c(sc2n1)CN(Cc1ccccc1)CC3. The second-order valence-electron chi connectivity index (χ2n) is 5.95. The molecular weight excluding hydrogens is 336 g/mol. The van der Waals surface area contributed by atoms with Gasteiger partial charge in [0.25, 0.3) is 0 Å². The summed E-state index contributed by atoms with van der Waals surface area (Å²) in [5.41, 5.74) is 8.97. The van der Waals surface area contributed by atoms with E-state index in [0.29, 0.717) is 5.82 Å². The van der Waals surface area contributed by atoms with Crippen molar-refractivity contribution < 1.29 is 0 Å². The van der Waals surface area contributed by atoms with Crippen molar-refractivity contribution >= 4 is 39.1 Å². The Balaban J connectivity index is 1.63. The van der Waals surface area contributed by atoms with E-state index < -0.39 is 0 Å². The molecule has 2 aromatic heterocycles. The Bertz CT molecular complexity index is 860. The van der Waals surface area contributed by atoms with E-state index in [-0.39, 0.29) is 0 Å². The van der Waals surface area contributed by atoms with Crippen molar-refractivity contribution in [2.45, 2.75) is 31.6 Å². The summed E-state index contributed by atoms with van der Waals surface area (Å²) in [5.74, 6) is 1.60. The number of aromatic nitrogens is 2. The quantitative estimate of drug-likeness (QED) is 0.567. The zero-order chi connectivity index (χ0) is 16.5. The summed E-state index contributed by atoms with van der Waals surface area (Å²) in [7, 11) is 0. The van der Waals surface area contributed by atoms with Crippen LogP contribution >= 0.6 is 23.1 Å². The summed E-state index contributed by atoms with van der Waals surface area (Å²) in [6, 6.07) is 10.7. The average Bonchev–Trinajstić information content (AvgIpc) is 2.94. The number of benzene rings is 1. The Kier molecular flexibility index (Phi) is 4.43. The van der Waals surface area contributed by atoms with Crippen molar-refractivity contribution in [1.29, 1.82) is 0 Å². The molecule has 1 aliphatic heterocycles. The van der Waals surface area contributed by atoms with Crippen LogP contribution in [-0.2, 0) is 19.5 Å². The first-order valence-electron chi connectivity index (χ1n) is 8.21. The fourth-order valence-corrected chi connectivity index (χ4v) is 5.13. The van der Waals surface area contributed by atoms with Crippen LogP contribution in [0.15, 0.2) is 35.5 Å². The number of anilines is 1. The summed E-state index contributed by atoms with van der Waals surface area (Å²) in [6.45, 7) is 5.13. The van der Waals surface area contributed by atoms with Crippen LogP contribution in [0.5, 0.6) is 0 Å². The zero-order valence-electron chi connectivity index (χ0n) is 13.7. The molecule has 4 nitrogen and oxygen atoms in total. The molecule has 0 bridgehead atoms. The van der Waals surface area contributed by atoms with E-state index in [1.807, 2.05) is 0 Å². The summed E-state index contributed by atoms with van der Waals surface area (Å²) in [6.07, 6.45) is 1.02. The maximum absolute atomic E-state index is 6.24. The summed E-state index contributed by atoms with van der Waals surface area (Å²) >= 11 is 3.43. The van der Waals surface area contributed by atoms with Crippen LogP contribution in [-0.4, -0.2) is 27.2 Å². The van der Waals surface area contributed by atoms with Gasteiger partial charge in [0.15, 0.2) is 5.16 Å². The summed E-state index contributed by atoms with van der Waals surface area (Å²) in [4.78, 5) is 14.1. The van der Waals surface area contributed by atoms with Crippen molar-refractivity contribution in [3.05, 3.63) is 46.3 Å². The third-order valence-electron chi connectivity index (χ3n) is 4.31. The molecule has 24 heavy (non-hydrogen) atoms. The van der Waals surface area contributed by atoms with Crippen molar-refractivity contribution in [3.8, 4) is 0 Å². The molecule has 0 spiro atoms. The predicted octanol–water partition coefficient (Wildman–Crippen LogP) is 3.94. The van der Waals surface area contributed by atoms with Crippen LogP contribution in [0, 0.1) is 0 Å². The van der Waals surface area contributed by atoms with Crippen LogP contribution in [0.25, 0.3) is 10.2 Å². The first kappa shape index (κ1) is 15.9. The molecule has 0 saturated heterocycles. The molecule has 0 radical (unpaired) electrons. The fraction of sp³-hybridized carbons (Fsp3) is 0.333. The number of nitrogens with zero attached hydrogens (tertiary/aromatic N) is 3. The second kappa shape index (κ2) is 6.70. The molecule has 4 rings (SSSR count). The van der Waals surface area contributed by atoms with Crippen LogP contribution in [0.4, 0.5) is 5.82 Å². The van der Waals surface area contributed by atoms with E-state index in [4.69, 9.17) is 10.7 Å². The van der Waals surface area contributed by atoms with Gasteiger partial charge in [-0.05, 0) is 23.3 Å². The maximum atomic E-state index is 6.24. The monoisotopic (exact) mass is 356 g/mol. The molecule has 0 unspecified atom stereocenters. The maximum Gasteiger partial charge on any atom is 0.190 e. The Morgan fingerprint density at radius 1 is 1.25 bits per heavy atom. The number of thiophene rings is 1. The number of hydrogen-bond donors (Lipinski definition) is 1. The van der Waals surface area contributed by atoms with Gasteiger partial charge in [0.05, 0.1) is 5.39 Å². The molecule has 124 valence electrons. The number of fused-ring (bicyclic) bond motifs is 3. The highest BCUT2D eigenvalue weighted by molar-refractivity contribution is 7.99. The fourth-order valence-electron chi connectivity index (χ4n) is 3.23. The summed E-state index contributed by atoms with van der Waals surface area (Å²) < 4.78 is 0. The molecule has 0 aliphatic carbocycles. The van der Waals surface area contributed by atoms with Crippen molar-refractivity contribution in [1.82, 2.24) is 14.9 Å². The predicted molar refractivity (Wildman–Crippen MR) is 102 cm³/mol. The van der Waals surface area contributed by atoms with Crippen molar-refractivity contribution in [3.63, 3.8) is 0 Å². The van der Waals surface area contributed by atoms with Gasteiger partial charge in [0, 0.05) is 24.5 Å². The number of nitrogens with two attached hydrogens (primary N) is 1. The van der Waals surface area contributed by atoms with Gasteiger partial charge in [-0.2, -0.15) is 0 Å². The highest BCUT2D eigenvalue weighted by Crippen LogP contribution is 2.37. The third-order valence-corrected chi connectivity index (χ3v) is 6.15. The van der Waals surface area contributed by atoms with E-state index in [2.05, 4.69) is 47.1 Å². The van der Waals surface area contributed by atoms with E-state index in [0.717, 1.165) is 47.2 Å². The van der Waals surface area contributed by atoms with Crippen LogP contribution in [0.3, 0.4) is 0 Å². The molecular formula is C18H20N4S2. The lowest BCUT2D eigenvalue weighted by atomic mass is 10.0. The lowest BCUT2D eigenvalue weighted by molar-refractivity contribution is 0.249. The molecule has 1 aromatic carbocycles. The van der Waals surface area contributed by atoms with E-state index >= 15 is 0 Å². The van der Waals surface area contributed by atoms with Crippen LogP contribution in [0.2, 0.25) is 0 Å². The molecule has 6 heteroatoms. The van der Waals surface area contributed by atoms with Gasteiger partial charge in [0.2, 0.25) is 0 Å². The van der Waals surface area contributed by atoms with E-state index in [9.17, 15) is 0 Å². The number of rotatable bonds is 4. The molecule has 0 atom stereocenters. The van der Waals surface area contributed by atoms with Crippen molar-refractivity contribution in [2.75, 3.05) is 18.0 Å². The molecule has 0 amide bonds. The number of hydrogen-bond acceptors (Lipinski definition) is 6. The van der Waals surface area contributed by atoms with E-state index in [1.165, 1.54) is 16.0 Å². The van der Waals surface area contributed by atoms with E-state index in [1.54, 1.807) is 23.1 Å². The third kappa shape index (κ3) is 3.01. The Hall–Kier alpha value is -1.63. The minimum Gasteiger partial charge on any atom is -0.383 e. The van der Waals surface area contributed by atoms with Gasteiger partial charge < -0.3 is 5.73 Å². The zero-order valence-corrected chi connectivity index (χ0v) is 15.3. The number of nitrogen functional groups attached to an aromatic ring is 1.